The van der Waals surface area contributed by atoms with E-state index in [0.717, 1.165) is 13.1 Å². The summed E-state index contributed by atoms with van der Waals surface area (Å²) in [7, 11) is 4.11. The van der Waals surface area contributed by atoms with Gasteiger partial charge in [-0.1, -0.05) is 13.8 Å². The van der Waals surface area contributed by atoms with Gasteiger partial charge in [0.15, 0.2) is 0 Å². The molecule has 0 saturated heterocycles. The summed E-state index contributed by atoms with van der Waals surface area (Å²) in [5.41, 5.74) is 3.41. The van der Waals surface area contributed by atoms with Crippen LogP contribution in [-0.4, -0.2) is 49.4 Å². The van der Waals surface area contributed by atoms with Crippen molar-refractivity contribution in [2.45, 2.75) is 39.8 Å². The first-order valence-corrected chi connectivity index (χ1v) is 5.47. The lowest BCUT2D eigenvalue weighted by Crippen LogP contribution is -2.55. The summed E-state index contributed by atoms with van der Waals surface area (Å²) >= 11 is 0. The van der Waals surface area contributed by atoms with Crippen LogP contribution in [0.5, 0.6) is 0 Å². The van der Waals surface area contributed by atoms with E-state index in [4.69, 9.17) is 0 Å². The molecule has 0 aromatic carbocycles. The molecule has 0 rings (SSSR count). The summed E-state index contributed by atoms with van der Waals surface area (Å²) in [5, 5.41) is 7.57. The molecule has 0 amide bonds. The summed E-state index contributed by atoms with van der Waals surface area (Å²) in [4.78, 5) is 0. The SMILES string of the molecule is CCNC(C)[C@H](C)NN(C)N(C)CC. The molecular weight excluding hydrogens is 176 g/mol. The highest BCUT2D eigenvalue weighted by molar-refractivity contribution is 4.71. The third-order valence-corrected chi connectivity index (χ3v) is 2.64. The van der Waals surface area contributed by atoms with Gasteiger partial charge in [0.05, 0.1) is 0 Å². The van der Waals surface area contributed by atoms with Gasteiger partial charge in [-0.3, -0.25) is 0 Å². The van der Waals surface area contributed by atoms with Crippen molar-refractivity contribution in [3.8, 4) is 0 Å². The molecule has 14 heavy (non-hydrogen) atoms. The highest BCUT2D eigenvalue weighted by atomic mass is 15.8. The summed E-state index contributed by atoms with van der Waals surface area (Å²) in [6.45, 7) is 10.7. The molecule has 2 N–H and O–H groups in total. The topological polar surface area (TPSA) is 30.5 Å². The third kappa shape index (κ3) is 4.91. The second-order valence-electron chi connectivity index (χ2n) is 3.76. The summed E-state index contributed by atoms with van der Waals surface area (Å²) in [6.07, 6.45) is 0. The van der Waals surface area contributed by atoms with Crippen molar-refractivity contribution < 1.29 is 0 Å². The van der Waals surface area contributed by atoms with Gasteiger partial charge in [0.1, 0.15) is 0 Å². The van der Waals surface area contributed by atoms with Crippen molar-refractivity contribution in [3.63, 3.8) is 0 Å². The average Bonchev–Trinajstić information content (AvgIpc) is 2.16. The molecule has 0 bridgehead atoms. The molecule has 0 heterocycles. The van der Waals surface area contributed by atoms with E-state index in [0.29, 0.717) is 12.1 Å². The molecule has 1 unspecified atom stereocenters. The van der Waals surface area contributed by atoms with E-state index < -0.39 is 0 Å². The maximum atomic E-state index is 3.41. The van der Waals surface area contributed by atoms with Crippen LogP contribution in [0, 0.1) is 0 Å². The highest BCUT2D eigenvalue weighted by Gasteiger charge is 2.13. The molecule has 0 aliphatic heterocycles. The maximum Gasteiger partial charge on any atom is 0.0351 e. The van der Waals surface area contributed by atoms with Crippen LogP contribution in [0.1, 0.15) is 27.7 Å². The molecule has 0 aliphatic rings. The van der Waals surface area contributed by atoms with Crippen LogP contribution in [0.15, 0.2) is 0 Å². The van der Waals surface area contributed by atoms with Gasteiger partial charge in [0.25, 0.3) is 0 Å². The fraction of sp³-hybridized carbons (Fsp3) is 1.00. The molecule has 4 heteroatoms. The highest BCUT2D eigenvalue weighted by Crippen LogP contribution is 1.94. The Morgan fingerprint density at radius 3 is 2.07 bits per heavy atom. The van der Waals surface area contributed by atoms with Crippen molar-refractivity contribution in [1.29, 1.82) is 0 Å². The lowest BCUT2D eigenvalue weighted by molar-refractivity contribution is -0.0334. The van der Waals surface area contributed by atoms with E-state index >= 15 is 0 Å². The van der Waals surface area contributed by atoms with Gasteiger partial charge in [-0.2, -0.15) is 5.12 Å². The Morgan fingerprint density at radius 1 is 1.07 bits per heavy atom. The number of hydrogen-bond acceptors (Lipinski definition) is 4. The smallest absolute Gasteiger partial charge is 0.0351 e. The summed E-state index contributed by atoms with van der Waals surface area (Å²) in [5.74, 6) is 0. The van der Waals surface area contributed by atoms with Crippen LogP contribution in [-0.2, 0) is 0 Å². The van der Waals surface area contributed by atoms with Gasteiger partial charge < -0.3 is 5.32 Å². The molecule has 0 fully saturated rings. The Balaban J connectivity index is 3.85. The van der Waals surface area contributed by atoms with E-state index in [1.54, 1.807) is 0 Å². The Kier molecular flexibility index (Phi) is 7.09. The number of rotatable bonds is 7. The van der Waals surface area contributed by atoms with Gasteiger partial charge in [-0.15, -0.1) is 0 Å². The minimum Gasteiger partial charge on any atom is -0.313 e. The summed E-state index contributed by atoms with van der Waals surface area (Å²) in [6, 6.07) is 0.904. The van der Waals surface area contributed by atoms with Gasteiger partial charge in [-0.25, -0.2) is 10.4 Å². The Bertz CT molecular complexity index is 140. The van der Waals surface area contributed by atoms with Gasteiger partial charge in [0, 0.05) is 32.7 Å². The number of hydrogen-bond donors (Lipinski definition) is 2. The van der Waals surface area contributed by atoms with E-state index in [-0.39, 0.29) is 0 Å². The molecule has 86 valence electrons. The lowest BCUT2D eigenvalue weighted by Gasteiger charge is -2.33. The van der Waals surface area contributed by atoms with Gasteiger partial charge >= 0.3 is 0 Å². The van der Waals surface area contributed by atoms with Crippen LogP contribution < -0.4 is 10.7 Å². The predicted molar refractivity (Wildman–Crippen MR) is 61.8 cm³/mol. The molecule has 0 spiro atoms. The first-order chi connectivity index (χ1) is 6.52. The lowest BCUT2D eigenvalue weighted by atomic mass is 10.2. The number of nitrogens with one attached hydrogen (secondary N) is 2. The number of likely N-dealkylation sites (N-methyl/N-ethyl adjacent to an activating group) is 1. The van der Waals surface area contributed by atoms with Crippen LogP contribution in [0.2, 0.25) is 0 Å². The van der Waals surface area contributed by atoms with Gasteiger partial charge in [0.2, 0.25) is 0 Å². The summed E-state index contributed by atoms with van der Waals surface area (Å²) < 4.78 is 0. The zero-order valence-electron chi connectivity index (χ0n) is 10.5. The molecular formula is C10H26N4. The molecule has 2 atom stereocenters. The third-order valence-electron chi connectivity index (χ3n) is 2.64. The van der Waals surface area contributed by atoms with E-state index in [1.165, 1.54) is 0 Å². The van der Waals surface area contributed by atoms with Crippen LogP contribution in [0.4, 0.5) is 0 Å². The quantitative estimate of drug-likeness (QED) is 0.594. The zero-order chi connectivity index (χ0) is 11.1. The van der Waals surface area contributed by atoms with Crippen molar-refractivity contribution in [2.75, 3.05) is 27.2 Å². The second kappa shape index (κ2) is 7.17. The van der Waals surface area contributed by atoms with E-state index in [9.17, 15) is 0 Å². The van der Waals surface area contributed by atoms with Crippen LogP contribution >= 0.6 is 0 Å². The molecule has 0 radical (unpaired) electrons. The minimum atomic E-state index is 0.425. The number of hydrazine groups is 2. The monoisotopic (exact) mass is 202 g/mol. The zero-order valence-corrected chi connectivity index (χ0v) is 10.5. The average molecular weight is 202 g/mol. The van der Waals surface area contributed by atoms with E-state index in [1.807, 2.05) is 12.2 Å². The fourth-order valence-electron chi connectivity index (χ4n) is 1.22. The second-order valence-corrected chi connectivity index (χ2v) is 3.76. The van der Waals surface area contributed by atoms with Crippen molar-refractivity contribution in [1.82, 2.24) is 20.9 Å². The predicted octanol–water partition coefficient (Wildman–Crippen LogP) is 0.676. The molecule has 0 aliphatic carbocycles. The number of nitrogens with zero attached hydrogens (tertiary/aromatic N) is 2. The maximum absolute atomic E-state index is 3.41. The minimum absolute atomic E-state index is 0.425. The molecule has 0 saturated carbocycles. The van der Waals surface area contributed by atoms with Crippen molar-refractivity contribution >= 4 is 0 Å². The molecule has 4 nitrogen and oxygen atoms in total. The van der Waals surface area contributed by atoms with E-state index in [2.05, 4.69) is 50.5 Å². The Hall–Kier alpha value is -0.160. The van der Waals surface area contributed by atoms with Crippen molar-refractivity contribution in [3.05, 3.63) is 0 Å². The molecule has 0 aromatic rings. The molecule has 0 aromatic heterocycles. The fourth-order valence-corrected chi connectivity index (χ4v) is 1.22. The van der Waals surface area contributed by atoms with Crippen LogP contribution in [0.3, 0.4) is 0 Å². The Labute approximate surface area is 88.6 Å². The largest absolute Gasteiger partial charge is 0.313 e. The first-order valence-electron chi connectivity index (χ1n) is 5.47. The van der Waals surface area contributed by atoms with Crippen LogP contribution in [0.25, 0.3) is 0 Å². The standard InChI is InChI=1S/C10H26N4/c1-7-11-9(3)10(4)12-14(6)13(5)8-2/h9-12H,7-8H2,1-6H3/t9?,10-/m0/s1. The Morgan fingerprint density at radius 2 is 1.64 bits per heavy atom. The normalized spacial score (nSPS) is 16.3. The first kappa shape index (κ1) is 13.8. The van der Waals surface area contributed by atoms with Crippen molar-refractivity contribution in [2.24, 2.45) is 0 Å². The van der Waals surface area contributed by atoms with Gasteiger partial charge in [-0.05, 0) is 20.4 Å².